The van der Waals surface area contributed by atoms with Crippen LogP contribution in [0.15, 0.2) is 34.8 Å². The summed E-state index contributed by atoms with van der Waals surface area (Å²) in [4.78, 5) is 26.2. The number of hydrazone groups is 1. The minimum absolute atomic E-state index is 0.0949. The van der Waals surface area contributed by atoms with Crippen molar-refractivity contribution >= 4 is 29.4 Å². The number of rotatable bonds is 2. The van der Waals surface area contributed by atoms with Crippen LogP contribution in [0, 0.1) is 35.5 Å². The van der Waals surface area contributed by atoms with E-state index in [1.54, 1.807) is 17.6 Å². The molecule has 5 aliphatic rings. The molecule has 2 amide bonds. The highest BCUT2D eigenvalue weighted by molar-refractivity contribution is 7.11. The third-order valence-corrected chi connectivity index (χ3v) is 6.29. The van der Waals surface area contributed by atoms with E-state index in [1.807, 2.05) is 17.5 Å². The van der Waals surface area contributed by atoms with Gasteiger partial charge in [-0.25, -0.2) is 0 Å². The van der Waals surface area contributed by atoms with Crippen molar-refractivity contribution in [1.82, 2.24) is 5.01 Å². The number of allylic oxidation sites excluding steroid dienone is 2. The summed E-state index contributed by atoms with van der Waals surface area (Å²) in [5.41, 5.74) is 0. The van der Waals surface area contributed by atoms with E-state index in [0.717, 1.165) is 9.89 Å². The van der Waals surface area contributed by atoms with Gasteiger partial charge in [-0.15, -0.1) is 11.3 Å². The number of nitrogens with zero attached hydrogens (tertiary/aromatic N) is 2. The summed E-state index contributed by atoms with van der Waals surface area (Å²) in [6, 6.07) is 3.85. The van der Waals surface area contributed by atoms with Crippen LogP contribution in [-0.2, 0) is 9.59 Å². The van der Waals surface area contributed by atoms with Crippen molar-refractivity contribution in [3.63, 3.8) is 0 Å². The first-order valence-electron chi connectivity index (χ1n) is 7.39. The number of carbonyl (C=O) groups excluding carboxylic acids is 2. The molecule has 21 heavy (non-hydrogen) atoms. The Balaban J connectivity index is 1.48. The molecule has 2 saturated carbocycles. The van der Waals surface area contributed by atoms with Gasteiger partial charge in [-0.2, -0.15) is 10.1 Å². The molecule has 0 unspecified atom stereocenters. The van der Waals surface area contributed by atoms with Crippen molar-refractivity contribution in [2.75, 3.05) is 0 Å². The average Bonchev–Trinajstić information content (AvgIpc) is 3.10. The first-order chi connectivity index (χ1) is 10.3. The lowest BCUT2D eigenvalue weighted by Gasteiger charge is -2.37. The number of imide groups is 1. The Hall–Kier alpha value is -1.75. The summed E-state index contributed by atoms with van der Waals surface area (Å²) >= 11 is 1.54. The third kappa shape index (κ3) is 1.47. The van der Waals surface area contributed by atoms with Gasteiger partial charge in [0.15, 0.2) is 0 Å². The zero-order chi connectivity index (χ0) is 14.1. The molecule has 6 atom stereocenters. The topological polar surface area (TPSA) is 49.7 Å². The molecule has 1 aliphatic heterocycles. The van der Waals surface area contributed by atoms with Crippen molar-refractivity contribution in [2.24, 2.45) is 40.6 Å². The lowest BCUT2D eigenvalue weighted by Crippen LogP contribution is -2.40. The molecular formula is C16H14N2O2S. The van der Waals surface area contributed by atoms with Gasteiger partial charge in [0, 0.05) is 4.88 Å². The molecule has 4 aliphatic carbocycles. The van der Waals surface area contributed by atoms with Gasteiger partial charge in [-0.05, 0) is 41.5 Å². The molecule has 0 aromatic carbocycles. The van der Waals surface area contributed by atoms with Crippen LogP contribution in [-0.4, -0.2) is 23.0 Å². The molecule has 6 rings (SSSR count). The van der Waals surface area contributed by atoms with Crippen molar-refractivity contribution in [2.45, 2.75) is 6.42 Å². The zero-order valence-corrected chi connectivity index (χ0v) is 12.1. The predicted octanol–water partition coefficient (Wildman–Crippen LogP) is 2.14. The van der Waals surface area contributed by atoms with Gasteiger partial charge in [0.05, 0.1) is 18.1 Å². The van der Waals surface area contributed by atoms with Gasteiger partial charge in [0.1, 0.15) is 0 Å². The zero-order valence-electron chi connectivity index (χ0n) is 11.3. The maximum atomic E-state index is 12.6. The highest BCUT2D eigenvalue weighted by atomic mass is 32.1. The van der Waals surface area contributed by atoms with Crippen LogP contribution in [0.1, 0.15) is 11.3 Å². The molecule has 2 heterocycles. The van der Waals surface area contributed by atoms with E-state index >= 15 is 0 Å². The fourth-order valence-corrected chi connectivity index (χ4v) is 5.11. The van der Waals surface area contributed by atoms with Gasteiger partial charge in [0.25, 0.3) is 11.8 Å². The smallest absolute Gasteiger partial charge is 0.254 e. The highest BCUT2D eigenvalue weighted by Crippen LogP contribution is 2.65. The van der Waals surface area contributed by atoms with Crippen LogP contribution in [0.2, 0.25) is 0 Å². The monoisotopic (exact) mass is 298 g/mol. The molecule has 1 aromatic rings. The van der Waals surface area contributed by atoms with Crippen LogP contribution in [0.4, 0.5) is 0 Å². The number of carbonyl (C=O) groups is 2. The number of hydrogen-bond acceptors (Lipinski definition) is 4. The Kier molecular flexibility index (Phi) is 2.21. The van der Waals surface area contributed by atoms with Crippen LogP contribution < -0.4 is 0 Å². The lowest BCUT2D eigenvalue weighted by molar-refractivity contribution is -0.140. The predicted molar refractivity (Wildman–Crippen MR) is 78.5 cm³/mol. The summed E-state index contributed by atoms with van der Waals surface area (Å²) in [6.45, 7) is 0. The summed E-state index contributed by atoms with van der Waals surface area (Å²) in [6.07, 6.45) is 7.16. The SMILES string of the molecule is O=C1[C@@H]2[C@@H]3C=C[C@@H]([C@@H]4C[C@H]34)[C@@H]2C(=O)N1/N=C\c1cccs1. The second-order valence-corrected chi connectivity index (χ2v) is 7.38. The van der Waals surface area contributed by atoms with Gasteiger partial charge >= 0.3 is 0 Å². The quantitative estimate of drug-likeness (QED) is 0.477. The fraction of sp³-hybridized carbons (Fsp3) is 0.438. The fourth-order valence-electron chi connectivity index (χ4n) is 4.53. The Morgan fingerprint density at radius 3 is 2.38 bits per heavy atom. The van der Waals surface area contributed by atoms with Crippen molar-refractivity contribution in [3.05, 3.63) is 34.5 Å². The minimum atomic E-state index is -0.156. The summed E-state index contributed by atoms with van der Waals surface area (Å²) in [7, 11) is 0. The lowest BCUT2D eigenvalue weighted by atomic mass is 9.63. The summed E-state index contributed by atoms with van der Waals surface area (Å²) < 4.78 is 0. The van der Waals surface area contributed by atoms with Crippen LogP contribution >= 0.6 is 11.3 Å². The molecule has 106 valence electrons. The summed E-state index contributed by atoms with van der Waals surface area (Å²) in [5, 5.41) is 7.26. The molecule has 0 radical (unpaired) electrons. The van der Waals surface area contributed by atoms with E-state index in [0.29, 0.717) is 11.8 Å². The third-order valence-electron chi connectivity index (χ3n) is 5.48. The van der Waals surface area contributed by atoms with E-state index in [9.17, 15) is 9.59 Å². The van der Waals surface area contributed by atoms with Gasteiger partial charge in [0.2, 0.25) is 0 Å². The molecule has 4 nitrogen and oxygen atoms in total. The van der Waals surface area contributed by atoms with Crippen LogP contribution in [0.5, 0.6) is 0 Å². The van der Waals surface area contributed by atoms with E-state index in [-0.39, 0.29) is 35.5 Å². The van der Waals surface area contributed by atoms with Crippen molar-refractivity contribution in [3.8, 4) is 0 Å². The number of thiophene rings is 1. The molecule has 5 heteroatoms. The maximum absolute atomic E-state index is 12.6. The van der Waals surface area contributed by atoms with E-state index in [1.165, 1.54) is 6.42 Å². The normalized spacial score (nSPS) is 42.8. The molecule has 0 N–H and O–H groups in total. The van der Waals surface area contributed by atoms with E-state index in [2.05, 4.69) is 17.3 Å². The Labute approximate surface area is 126 Å². The minimum Gasteiger partial charge on any atom is -0.272 e. The average molecular weight is 298 g/mol. The van der Waals surface area contributed by atoms with E-state index < -0.39 is 0 Å². The second kappa shape index (κ2) is 3.91. The molecule has 1 saturated heterocycles. The molecule has 3 fully saturated rings. The second-order valence-electron chi connectivity index (χ2n) is 6.40. The van der Waals surface area contributed by atoms with E-state index in [4.69, 9.17) is 0 Å². The largest absolute Gasteiger partial charge is 0.272 e. The Morgan fingerprint density at radius 2 is 1.81 bits per heavy atom. The molecular weight excluding hydrogens is 284 g/mol. The number of hydrogen-bond donors (Lipinski definition) is 0. The first kappa shape index (κ1) is 11.9. The molecule has 0 spiro atoms. The van der Waals surface area contributed by atoms with Gasteiger partial charge < -0.3 is 0 Å². The standard InChI is InChI=1S/C16H14N2O2S/c19-15-13-9-3-4-10(12-6-11(9)12)14(13)16(20)18(15)17-7-8-2-1-5-21-8/h1-5,7,9-14H,6H2/b17-7-/t9-,10+,11-,12+,13-,14+. The van der Waals surface area contributed by atoms with Crippen molar-refractivity contribution < 1.29 is 9.59 Å². The molecule has 2 bridgehead atoms. The Bertz CT molecular complexity index is 657. The number of amides is 2. The highest BCUT2D eigenvalue weighted by Gasteiger charge is 2.67. The van der Waals surface area contributed by atoms with Gasteiger partial charge in [-0.3, -0.25) is 9.59 Å². The summed E-state index contributed by atoms with van der Waals surface area (Å²) in [5.74, 6) is 1.31. The van der Waals surface area contributed by atoms with Crippen LogP contribution in [0.25, 0.3) is 0 Å². The Morgan fingerprint density at radius 1 is 1.14 bits per heavy atom. The first-order valence-corrected chi connectivity index (χ1v) is 8.27. The van der Waals surface area contributed by atoms with Gasteiger partial charge in [-0.1, -0.05) is 18.2 Å². The maximum Gasteiger partial charge on any atom is 0.254 e. The van der Waals surface area contributed by atoms with Crippen LogP contribution in [0.3, 0.4) is 0 Å². The van der Waals surface area contributed by atoms with Crippen molar-refractivity contribution in [1.29, 1.82) is 0 Å². The molecule has 1 aromatic heterocycles.